The largest absolute Gasteiger partial charge is 0.395 e. The third kappa shape index (κ3) is 3.20. The van der Waals surface area contributed by atoms with Crippen molar-refractivity contribution in [3.05, 3.63) is 0 Å². The van der Waals surface area contributed by atoms with Gasteiger partial charge in [0, 0.05) is 12.6 Å². The van der Waals surface area contributed by atoms with Gasteiger partial charge in [0.15, 0.2) is 0 Å². The molecule has 0 aromatic carbocycles. The first kappa shape index (κ1) is 11.9. The smallest absolute Gasteiger partial charge is 0.214 e. The number of hydrogen-bond donors (Lipinski definition) is 2. The van der Waals surface area contributed by atoms with Gasteiger partial charge in [0.2, 0.25) is 10.0 Å². The van der Waals surface area contributed by atoms with E-state index in [2.05, 4.69) is 0 Å². The summed E-state index contributed by atoms with van der Waals surface area (Å²) in [6, 6.07) is 0.130. The van der Waals surface area contributed by atoms with Gasteiger partial charge in [-0.1, -0.05) is 0 Å². The zero-order chi connectivity index (χ0) is 10.6. The van der Waals surface area contributed by atoms with Crippen molar-refractivity contribution in [3.8, 4) is 0 Å². The molecule has 1 saturated carbocycles. The predicted molar refractivity (Wildman–Crippen MR) is 54.3 cm³/mol. The zero-order valence-electron chi connectivity index (χ0n) is 8.22. The van der Waals surface area contributed by atoms with Crippen molar-refractivity contribution < 1.29 is 13.5 Å². The van der Waals surface area contributed by atoms with Crippen molar-refractivity contribution in [2.45, 2.75) is 25.3 Å². The summed E-state index contributed by atoms with van der Waals surface area (Å²) in [7, 11) is -3.19. The van der Waals surface area contributed by atoms with E-state index in [4.69, 9.17) is 10.8 Å². The number of sulfonamides is 1. The highest BCUT2D eigenvalue weighted by Gasteiger charge is 2.36. The Kier molecular flexibility index (Phi) is 4.31. The standard InChI is InChI=1S/C8H18N2O3S/c9-4-1-7-14(12,13)10(5-6-11)8-2-3-8/h8,11H,1-7,9H2. The molecule has 0 unspecified atom stereocenters. The molecule has 1 aliphatic rings. The highest BCUT2D eigenvalue weighted by molar-refractivity contribution is 7.89. The molecule has 1 rings (SSSR count). The Morgan fingerprint density at radius 2 is 2.07 bits per heavy atom. The first-order valence-corrected chi connectivity index (χ1v) is 6.53. The van der Waals surface area contributed by atoms with Gasteiger partial charge in [0.1, 0.15) is 0 Å². The van der Waals surface area contributed by atoms with Crippen LogP contribution in [0.3, 0.4) is 0 Å². The Balaban J connectivity index is 2.55. The molecule has 3 N–H and O–H groups in total. The van der Waals surface area contributed by atoms with Crippen LogP contribution in [0.5, 0.6) is 0 Å². The second-order valence-electron chi connectivity index (χ2n) is 3.52. The molecule has 0 aromatic rings. The molecular weight excluding hydrogens is 204 g/mol. The van der Waals surface area contributed by atoms with Crippen LogP contribution in [0.25, 0.3) is 0 Å². The highest BCUT2D eigenvalue weighted by atomic mass is 32.2. The summed E-state index contributed by atoms with van der Waals surface area (Å²) in [5.41, 5.74) is 5.27. The van der Waals surface area contributed by atoms with E-state index in [-0.39, 0.29) is 24.9 Å². The molecule has 0 spiro atoms. The molecule has 0 heterocycles. The number of aliphatic hydroxyl groups is 1. The van der Waals surface area contributed by atoms with Gasteiger partial charge in [-0.2, -0.15) is 4.31 Å². The number of aliphatic hydroxyl groups excluding tert-OH is 1. The van der Waals surface area contributed by atoms with Crippen molar-refractivity contribution in [3.63, 3.8) is 0 Å². The topological polar surface area (TPSA) is 83.6 Å². The van der Waals surface area contributed by atoms with Gasteiger partial charge >= 0.3 is 0 Å². The van der Waals surface area contributed by atoms with E-state index in [1.165, 1.54) is 4.31 Å². The molecule has 0 aliphatic heterocycles. The average molecular weight is 222 g/mol. The van der Waals surface area contributed by atoms with Gasteiger partial charge < -0.3 is 10.8 Å². The summed E-state index contributed by atoms with van der Waals surface area (Å²) in [5.74, 6) is 0.0972. The fourth-order valence-corrected chi connectivity index (χ4v) is 3.18. The van der Waals surface area contributed by atoms with E-state index in [9.17, 15) is 8.42 Å². The number of hydrogen-bond acceptors (Lipinski definition) is 4. The highest BCUT2D eigenvalue weighted by Crippen LogP contribution is 2.29. The van der Waals surface area contributed by atoms with E-state index in [0.29, 0.717) is 13.0 Å². The first-order valence-electron chi connectivity index (χ1n) is 4.92. The zero-order valence-corrected chi connectivity index (χ0v) is 9.04. The minimum Gasteiger partial charge on any atom is -0.395 e. The lowest BCUT2D eigenvalue weighted by Crippen LogP contribution is -2.37. The van der Waals surface area contributed by atoms with E-state index < -0.39 is 10.0 Å². The normalized spacial score (nSPS) is 17.6. The van der Waals surface area contributed by atoms with Gasteiger partial charge in [-0.15, -0.1) is 0 Å². The van der Waals surface area contributed by atoms with Crippen LogP contribution in [0.4, 0.5) is 0 Å². The van der Waals surface area contributed by atoms with Gasteiger partial charge in [-0.05, 0) is 25.8 Å². The maximum Gasteiger partial charge on any atom is 0.214 e. The number of rotatable bonds is 7. The van der Waals surface area contributed by atoms with E-state index in [1.807, 2.05) is 0 Å². The third-order valence-corrected chi connectivity index (χ3v) is 4.24. The van der Waals surface area contributed by atoms with Crippen LogP contribution in [0.15, 0.2) is 0 Å². The van der Waals surface area contributed by atoms with Crippen LogP contribution < -0.4 is 5.73 Å². The lowest BCUT2D eigenvalue weighted by molar-refractivity contribution is 0.250. The maximum atomic E-state index is 11.7. The average Bonchev–Trinajstić information content (AvgIpc) is 2.94. The molecule has 5 nitrogen and oxygen atoms in total. The SMILES string of the molecule is NCCCS(=O)(=O)N(CCO)C1CC1. The predicted octanol–water partition coefficient (Wildman–Crippen LogP) is -0.878. The lowest BCUT2D eigenvalue weighted by Gasteiger charge is -2.20. The van der Waals surface area contributed by atoms with Gasteiger partial charge in [-0.3, -0.25) is 0 Å². The van der Waals surface area contributed by atoms with Crippen molar-refractivity contribution in [1.29, 1.82) is 0 Å². The van der Waals surface area contributed by atoms with Crippen molar-refractivity contribution in [2.75, 3.05) is 25.4 Å². The third-order valence-electron chi connectivity index (χ3n) is 2.24. The van der Waals surface area contributed by atoms with Crippen LogP contribution in [-0.2, 0) is 10.0 Å². The monoisotopic (exact) mass is 222 g/mol. The van der Waals surface area contributed by atoms with Crippen molar-refractivity contribution in [1.82, 2.24) is 4.31 Å². The summed E-state index contributed by atoms with van der Waals surface area (Å²) >= 11 is 0. The molecule has 14 heavy (non-hydrogen) atoms. The Hall–Kier alpha value is -0.170. The molecular formula is C8H18N2O3S. The molecule has 1 fully saturated rings. The molecule has 84 valence electrons. The molecule has 0 atom stereocenters. The lowest BCUT2D eigenvalue weighted by atomic mass is 10.5. The van der Waals surface area contributed by atoms with Crippen molar-refractivity contribution >= 4 is 10.0 Å². The summed E-state index contributed by atoms with van der Waals surface area (Å²) in [4.78, 5) is 0. The van der Waals surface area contributed by atoms with E-state index >= 15 is 0 Å². The fraction of sp³-hybridized carbons (Fsp3) is 1.00. The molecule has 0 bridgehead atoms. The van der Waals surface area contributed by atoms with E-state index in [1.54, 1.807) is 0 Å². The maximum absolute atomic E-state index is 11.7. The molecule has 0 aromatic heterocycles. The minimum atomic E-state index is -3.19. The quantitative estimate of drug-likeness (QED) is 0.586. The van der Waals surface area contributed by atoms with Crippen LogP contribution in [0.2, 0.25) is 0 Å². The summed E-state index contributed by atoms with van der Waals surface area (Å²) in [6.45, 7) is 0.493. The minimum absolute atomic E-state index is 0.0972. The van der Waals surface area contributed by atoms with Crippen LogP contribution in [0, 0.1) is 0 Å². The number of nitrogens with two attached hydrogens (primary N) is 1. The molecule has 0 radical (unpaired) electrons. The molecule has 1 aliphatic carbocycles. The van der Waals surface area contributed by atoms with E-state index in [0.717, 1.165) is 12.8 Å². The summed E-state index contributed by atoms with van der Waals surface area (Å²) < 4.78 is 24.9. The van der Waals surface area contributed by atoms with Gasteiger partial charge in [0.05, 0.1) is 12.4 Å². The van der Waals surface area contributed by atoms with Gasteiger partial charge in [0.25, 0.3) is 0 Å². The van der Waals surface area contributed by atoms with Crippen molar-refractivity contribution in [2.24, 2.45) is 5.73 Å². The number of nitrogens with zero attached hydrogens (tertiary/aromatic N) is 1. The summed E-state index contributed by atoms with van der Waals surface area (Å²) in [6.07, 6.45) is 2.32. The second kappa shape index (κ2) is 5.06. The Labute approximate surface area is 84.9 Å². The summed E-state index contributed by atoms with van der Waals surface area (Å²) in [5, 5.41) is 8.77. The fourth-order valence-electron chi connectivity index (χ4n) is 1.39. The molecule has 6 heteroatoms. The van der Waals surface area contributed by atoms with Crippen LogP contribution in [0.1, 0.15) is 19.3 Å². The van der Waals surface area contributed by atoms with Crippen LogP contribution >= 0.6 is 0 Å². The Morgan fingerprint density at radius 1 is 1.43 bits per heavy atom. The van der Waals surface area contributed by atoms with Crippen LogP contribution in [-0.4, -0.2) is 49.3 Å². The van der Waals surface area contributed by atoms with Gasteiger partial charge in [-0.25, -0.2) is 8.42 Å². The molecule has 0 saturated heterocycles. The first-order chi connectivity index (χ1) is 6.61. The second-order valence-corrected chi connectivity index (χ2v) is 5.56. The molecule has 0 amide bonds. The Bertz CT molecular complexity index is 262. The Morgan fingerprint density at radius 3 is 2.50 bits per heavy atom.